The molecule has 0 radical (unpaired) electrons. The second-order valence-corrected chi connectivity index (χ2v) is 7.09. The van der Waals surface area contributed by atoms with Gasteiger partial charge in [0.1, 0.15) is 5.75 Å². The van der Waals surface area contributed by atoms with Crippen LogP contribution in [0.4, 0.5) is 0 Å². The van der Waals surface area contributed by atoms with Gasteiger partial charge in [-0.1, -0.05) is 19.1 Å². The Morgan fingerprint density at radius 3 is 2.89 bits per heavy atom. The molecule has 1 aliphatic heterocycles. The normalized spacial score (nSPS) is 17.9. The van der Waals surface area contributed by atoms with E-state index in [0.29, 0.717) is 12.6 Å². The lowest BCUT2D eigenvalue weighted by Crippen LogP contribution is -2.45. The molecule has 1 heterocycles. The van der Waals surface area contributed by atoms with Crippen molar-refractivity contribution in [2.24, 2.45) is 4.99 Å². The van der Waals surface area contributed by atoms with Crippen LogP contribution in [0.3, 0.4) is 0 Å². The summed E-state index contributed by atoms with van der Waals surface area (Å²) in [6.45, 7) is 9.48. The lowest BCUT2D eigenvalue weighted by Gasteiger charge is -2.25. The van der Waals surface area contributed by atoms with E-state index in [4.69, 9.17) is 9.47 Å². The number of likely N-dealkylation sites (tertiary alicyclic amines) is 1. The van der Waals surface area contributed by atoms with Crippen LogP contribution in [0.2, 0.25) is 0 Å². The first-order valence-electron chi connectivity index (χ1n) is 10.1. The number of rotatable bonds is 10. The summed E-state index contributed by atoms with van der Waals surface area (Å²) in [5.74, 6) is 1.79. The molecule has 0 spiro atoms. The summed E-state index contributed by atoms with van der Waals surface area (Å²) in [6.07, 6.45) is 3.48. The fourth-order valence-electron chi connectivity index (χ4n) is 3.40. The van der Waals surface area contributed by atoms with Gasteiger partial charge in [0.05, 0.1) is 13.2 Å². The van der Waals surface area contributed by atoms with Crippen LogP contribution in [0, 0.1) is 6.92 Å². The van der Waals surface area contributed by atoms with E-state index in [1.807, 2.05) is 7.05 Å². The van der Waals surface area contributed by atoms with Gasteiger partial charge < -0.3 is 20.1 Å². The van der Waals surface area contributed by atoms with E-state index in [1.54, 1.807) is 7.11 Å². The van der Waals surface area contributed by atoms with Crippen molar-refractivity contribution in [3.63, 3.8) is 0 Å². The van der Waals surface area contributed by atoms with Crippen LogP contribution in [0.1, 0.15) is 37.3 Å². The first kappa shape index (κ1) is 21.5. The number of methoxy groups -OCH3 is 1. The van der Waals surface area contributed by atoms with Gasteiger partial charge in [0.15, 0.2) is 5.96 Å². The molecule has 1 unspecified atom stereocenters. The Morgan fingerprint density at radius 2 is 2.15 bits per heavy atom. The van der Waals surface area contributed by atoms with Crippen molar-refractivity contribution >= 4 is 5.96 Å². The van der Waals surface area contributed by atoms with Gasteiger partial charge in [-0.2, -0.15) is 0 Å². The number of aliphatic imine (C=N–C) groups is 1. The summed E-state index contributed by atoms with van der Waals surface area (Å²) in [4.78, 5) is 6.87. The third-order valence-electron chi connectivity index (χ3n) is 4.94. The summed E-state index contributed by atoms with van der Waals surface area (Å²) in [7, 11) is 3.58. The molecule has 1 atom stereocenters. The van der Waals surface area contributed by atoms with Crippen LogP contribution < -0.4 is 15.4 Å². The monoisotopic (exact) mass is 376 g/mol. The number of benzene rings is 1. The zero-order chi connectivity index (χ0) is 19.5. The summed E-state index contributed by atoms with van der Waals surface area (Å²) in [6, 6.07) is 6.90. The highest BCUT2D eigenvalue weighted by molar-refractivity contribution is 5.79. The minimum absolute atomic E-state index is 0.543. The number of nitrogens with zero attached hydrogens (tertiary/aromatic N) is 2. The number of ether oxygens (including phenoxy) is 2. The minimum atomic E-state index is 0.543. The van der Waals surface area contributed by atoms with Crippen molar-refractivity contribution in [2.45, 2.75) is 45.7 Å². The van der Waals surface area contributed by atoms with Crippen molar-refractivity contribution in [2.75, 3.05) is 47.0 Å². The minimum Gasteiger partial charge on any atom is -0.493 e. The Kier molecular flexibility index (Phi) is 9.42. The fourth-order valence-corrected chi connectivity index (χ4v) is 3.40. The second-order valence-electron chi connectivity index (χ2n) is 7.09. The van der Waals surface area contributed by atoms with Crippen molar-refractivity contribution in [3.05, 3.63) is 29.3 Å². The first-order chi connectivity index (χ1) is 13.2. The molecule has 0 amide bonds. The molecule has 2 rings (SSSR count). The highest BCUT2D eigenvalue weighted by atomic mass is 16.5. The maximum Gasteiger partial charge on any atom is 0.191 e. The molecule has 0 bridgehead atoms. The first-order valence-corrected chi connectivity index (χ1v) is 10.1. The number of nitrogens with one attached hydrogen (secondary N) is 2. The molecular weight excluding hydrogens is 340 g/mol. The van der Waals surface area contributed by atoms with Crippen molar-refractivity contribution in [3.8, 4) is 5.75 Å². The van der Waals surface area contributed by atoms with Crippen molar-refractivity contribution in [1.82, 2.24) is 15.5 Å². The Labute approximate surface area is 164 Å². The van der Waals surface area contributed by atoms with Gasteiger partial charge in [-0.3, -0.25) is 9.89 Å². The summed E-state index contributed by atoms with van der Waals surface area (Å²) in [5.41, 5.74) is 2.37. The molecule has 6 heteroatoms. The van der Waals surface area contributed by atoms with E-state index in [-0.39, 0.29) is 0 Å². The lowest BCUT2D eigenvalue weighted by molar-refractivity contribution is 0.141. The lowest BCUT2D eigenvalue weighted by atomic mass is 10.1. The summed E-state index contributed by atoms with van der Waals surface area (Å²) >= 11 is 0. The molecule has 152 valence electrons. The zero-order valence-electron chi connectivity index (χ0n) is 17.4. The van der Waals surface area contributed by atoms with E-state index in [2.05, 4.69) is 52.6 Å². The third-order valence-corrected chi connectivity index (χ3v) is 4.94. The number of hydrogen-bond acceptors (Lipinski definition) is 4. The molecule has 1 aromatic rings. The van der Waals surface area contributed by atoms with E-state index in [9.17, 15) is 0 Å². The SMILES string of the molecule is CCCOc1cc(C)ccc1CNC(=NC)NCC1CCCN1CCOC. The maximum absolute atomic E-state index is 5.91. The molecule has 1 aliphatic rings. The molecule has 1 saturated heterocycles. The van der Waals surface area contributed by atoms with Gasteiger partial charge in [0.25, 0.3) is 0 Å². The van der Waals surface area contributed by atoms with Gasteiger partial charge >= 0.3 is 0 Å². The Balaban J connectivity index is 1.85. The molecule has 1 fully saturated rings. The predicted octanol–water partition coefficient (Wildman–Crippen LogP) is 2.56. The molecule has 0 saturated carbocycles. The second kappa shape index (κ2) is 11.8. The molecular formula is C21H36N4O2. The van der Waals surface area contributed by atoms with Gasteiger partial charge in [0, 0.05) is 45.4 Å². The van der Waals surface area contributed by atoms with Crippen LogP contribution >= 0.6 is 0 Å². The van der Waals surface area contributed by atoms with Crippen molar-refractivity contribution in [1.29, 1.82) is 0 Å². The van der Waals surface area contributed by atoms with E-state index in [0.717, 1.165) is 56.5 Å². The average Bonchev–Trinajstić information content (AvgIpc) is 3.13. The van der Waals surface area contributed by atoms with Crippen LogP contribution in [-0.4, -0.2) is 63.9 Å². The highest BCUT2D eigenvalue weighted by Crippen LogP contribution is 2.20. The van der Waals surface area contributed by atoms with Crippen molar-refractivity contribution < 1.29 is 9.47 Å². The number of aryl methyl sites for hydroxylation is 1. The maximum atomic E-state index is 5.91. The molecule has 0 aromatic heterocycles. The standard InChI is InChI=1S/C21H36N4O2/c1-5-12-27-20-14-17(2)8-9-18(20)15-23-21(22-3)24-16-19-7-6-10-25(19)11-13-26-4/h8-9,14,19H,5-7,10-13,15-16H2,1-4H3,(H2,22,23,24). The van der Waals surface area contributed by atoms with E-state index >= 15 is 0 Å². The largest absolute Gasteiger partial charge is 0.493 e. The fraction of sp³-hybridized carbons (Fsp3) is 0.667. The van der Waals surface area contributed by atoms with Gasteiger partial charge in [0.2, 0.25) is 0 Å². The topological polar surface area (TPSA) is 58.1 Å². The average molecular weight is 377 g/mol. The smallest absolute Gasteiger partial charge is 0.191 e. The van der Waals surface area contributed by atoms with Crippen LogP contribution in [0.25, 0.3) is 0 Å². The summed E-state index contributed by atoms with van der Waals surface area (Å²) in [5, 5.41) is 6.90. The van der Waals surface area contributed by atoms with Gasteiger partial charge in [-0.15, -0.1) is 0 Å². The Hall–Kier alpha value is -1.79. The molecule has 6 nitrogen and oxygen atoms in total. The Morgan fingerprint density at radius 1 is 1.30 bits per heavy atom. The van der Waals surface area contributed by atoms with Crippen LogP contribution in [-0.2, 0) is 11.3 Å². The van der Waals surface area contributed by atoms with Gasteiger partial charge in [-0.05, 0) is 44.4 Å². The Bertz CT molecular complexity index is 592. The summed E-state index contributed by atoms with van der Waals surface area (Å²) < 4.78 is 11.1. The quantitative estimate of drug-likeness (QED) is 0.485. The number of hydrogen-bond donors (Lipinski definition) is 2. The zero-order valence-corrected chi connectivity index (χ0v) is 17.4. The third kappa shape index (κ3) is 7.03. The molecule has 2 N–H and O–H groups in total. The van der Waals surface area contributed by atoms with E-state index in [1.165, 1.54) is 18.4 Å². The van der Waals surface area contributed by atoms with E-state index < -0.39 is 0 Å². The van der Waals surface area contributed by atoms with Crippen LogP contribution in [0.5, 0.6) is 5.75 Å². The van der Waals surface area contributed by atoms with Crippen LogP contribution in [0.15, 0.2) is 23.2 Å². The molecule has 0 aliphatic carbocycles. The predicted molar refractivity (Wildman–Crippen MR) is 112 cm³/mol. The molecule has 27 heavy (non-hydrogen) atoms. The van der Waals surface area contributed by atoms with Gasteiger partial charge in [-0.25, -0.2) is 0 Å². The molecule has 1 aromatic carbocycles. The number of guanidine groups is 1. The highest BCUT2D eigenvalue weighted by Gasteiger charge is 2.23.